The number of rotatable bonds is 3. The molecule has 0 saturated carbocycles. The van der Waals surface area contributed by atoms with Gasteiger partial charge in [0.15, 0.2) is 0 Å². The minimum absolute atomic E-state index is 0.0230. The van der Waals surface area contributed by atoms with E-state index in [1.54, 1.807) is 25.1 Å². The number of aromatic nitrogens is 2. The van der Waals surface area contributed by atoms with E-state index < -0.39 is 17.2 Å². The van der Waals surface area contributed by atoms with Crippen LogP contribution in [0, 0.1) is 0 Å². The summed E-state index contributed by atoms with van der Waals surface area (Å²) in [5, 5.41) is 13.5. The van der Waals surface area contributed by atoms with E-state index in [9.17, 15) is 19.5 Å². The van der Waals surface area contributed by atoms with Crippen molar-refractivity contribution in [1.29, 1.82) is 0 Å². The van der Waals surface area contributed by atoms with Gasteiger partial charge in [0, 0.05) is 11.8 Å². The topological polar surface area (TPSA) is 127 Å². The largest absolute Gasteiger partial charge is 0.507 e. The van der Waals surface area contributed by atoms with E-state index >= 15 is 0 Å². The Morgan fingerprint density at radius 2 is 1.95 bits per heavy atom. The zero-order valence-corrected chi connectivity index (χ0v) is 11.0. The first-order valence-electron chi connectivity index (χ1n) is 5.94. The van der Waals surface area contributed by atoms with Gasteiger partial charge in [-0.3, -0.25) is 14.6 Å². The van der Waals surface area contributed by atoms with E-state index in [1.807, 2.05) is 4.98 Å². The van der Waals surface area contributed by atoms with Crippen LogP contribution < -0.4 is 16.7 Å². The Kier molecular flexibility index (Phi) is 3.98. The molecule has 1 amide bonds. The van der Waals surface area contributed by atoms with Crippen LogP contribution >= 0.6 is 0 Å². The number of phenolic OH excluding ortho intramolecular Hbond substituents is 1. The SMILES string of the molecule is C/C(=N\NC(=O)c1c[nH]c(=O)[nH]c1=O)c1ccccc1O. The molecule has 0 aliphatic carbocycles. The molecule has 0 fully saturated rings. The molecule has 2 aromatic rings. The van der Waals surface area contributed by atoms with Crippen molar-refractivity contribution in [1.82, 2.24) is 15.4 Å². The van der Waals surface area contributed by atoms with Crippen molar-refractivity contribution in [3.8, 4) is 5.75 Å². The Hall–Kier alpha value is -3.16. The van der Waals surface area contributed by atoms with Crippen LogP contribution in [0.25, 0.3) is 0 Å². The van der Waals surface area contributed by atoms with Crippen LogP contribution in [0.4, 0.5) is 0 Å². The van der Waals surface area contributed by atoms with E-state index in [0.29, 0.717) is 11.3 Å². The number of phenols is 1. The maximum absolute atomic E-state index is 11.8. The summed E-state index contributed by atoms with van der Waals surface area (Å²) < 4.78 is 0. The number of carbonyl (C=O) groups excluding carboxylic acids is 1. The van der Waals surface area contributed by atoms with Gasteiger partial charge in [-0.2, -0.15) is 5.10 Å². The van der Waals surface area contributed by atoms with Crippen molar-refractivity contribution < 1.29 is 9.90 Å². The number of hydrazone groups is 1. The Balaban J connectivity index is 2.21. The molecule has 8 heteroatoms. The van der Waals surface area contributed by atoms with Crippen molar-refractivity contribution >= 4 is 11.6 Å². The molecule has 0 aliphatic heterocycles. The van der Waals surface area contributed by atoms with Gasteiger partial charge in [0.25, 0.3) is 11.5 Å². The molecule has 1 aromatic carbocycles. The van der Waals surface area contributed by atoms with Crippen LogP contribution in [-0.4, -0.2) is 26.7 Å². The lowest BCUT2D eigenvalue weighted by atomic mass is 10.1. The number of nitrogens with zero attached hydrogens (tertiary/aromatic N) is 1. The monoisotopic (exact) mass is 288 g/mol. The average Bonchev–Trinajstić information content (AvgIpc) is 2.45. The second kappa shape index (κ2) is 5.87. The third-order valence-corrected chi connectivity index (χ3v) is 2.68. The van der Waals surface area contributed by atoms with Crippen LogP contribution in [0.3, 0.4) is 0 Å². The maximum atomic E-state index is 11.8. The highest BCUT2D eigenvalue weighted by Gasteiger charge is 2.10. The van der Waals surface area contributed by atoms with Gasteiger partial charge in [-0.25, -0.2) is 10.2 Å². The first-order chi connectivity index (χ1) is 9.99. The van der Waals surface area contributed by atoms with Gasteiger partial charge >= 0.3 is 5.69 Å². The van der Waals surface area contributed by atoms with Gasteiger partial charge in [-0.1, -0.05) is 12.1 Å². The smallest absolute Gasteiger partial charge is 0.325 e. The van der Waals surface area contributed by atoms with Crippen molar-refractivity contribution in [3.05, 3.63) is 62.4 Å². The number of hydrogen-bond acceptors (Lipinski definition) is 5. The summed E-state index contributed by atoms with van der Waals surface area (Å²) in [5.41, 5.74) is 1.20. The fourth-order valence-electron chi connectivity index (χ4n) is 1.61. The van der Waals surface area contributed by atoms with Crippen LogP contribution in [0.5, 0.6) is 5.75 Å². The minimum atomic E-state index is -0.813. The van der Waals surface area contributed by atoms with Crippen molar-refractivity contribution in [2.45, 2.75) is 6.92 Å². The molecule has 1 aromatic heterocycles. The molecule has 0 aliphatic rings. The summed E-state index contributed by atoms with van der Waals surface area (Å²) in [7, 11) is 0. The zero-order chi connectivity index (χ0) is 15.4. The van der Waals surface area contributed by atoms with Gasteiger partial charge in [-0.05, 0) is 19.1 Å². The summed E-state index contributed by atoms with van der Waals surface area (Å²) in [5.74, 6) is -0.753. The Morgan fingerprint density at radius 3 is 2.62 bits per heavy atom. The Labute approximate surface area is 118 Å². The van der Waals surface area contributed by atoms with E-state index in [4.69, 9.17) is 0 Å². The van der Waals surface area contributed by atoms with Gasteiger partial charge < -0.3 is 10.1 Å². The van der Waals surface area contributed by atoms with Gasteiger partial charge in [-0.15, -0.1) is 0 Å². The summed E-state index contributed by atoms with van der Waals surface area (Å²) >= 11 is 0. The van der Waals surface area contributed by atoms with E-state index in [-0.39, 0.29) is 11.3 Å². The first kappa shape index (κ1) is 14.3. The molecule has 4 N–H and O–H groups in total. The number of amides is 1. The fraction of sp³-hybridized carbons (Fsp3) is 0.0769. The summed E-state index contributed by atoms with van der Waals surface area (Å²) in [4.78, 5) is 38.2. The predicted octanol–water partition coefficient (Wildman–Crippen LogP) is -0.0772. The maximum Gasteiger partial charge on any atom is 0.325 e. The number of para-hydroxylation sites is 1. The van der Waals surface area contributed by atoms with Crippen molar-refractivity contribution in [3.63, 3.8) is 0 Å². The average molecular weight is 288 g/mol. The third kappa shape index (κ3) is 3.24. The van der Waals surface area contributed by atoms with Crippen LogP contribution in [-0.2, 0) is 0 Å². The summed E-state index contributed by atoms with van der Waals surface area (Å²) in [6, 6.07) is 6.49. The number of carbonyl (C=O) groups is 1. The standard InChI is InChI=1S/C13H12N4O4/c1-7(8-4-2-3-5-10(8)18)16-17-12(20)9-6-14-13(21)15-11(9)19/h2-6,18H,1H3,(H,17,20)(H2,14,15,19,21)/b16-7+. The number of benzene rings is 1. The number of H-pyrrole nitrogens is 2. The number of aromatic hydroxyl groups is 1. The minimum Gasteiger partial charge on any atom is -0.507 e. The summed E-state index contributed by atoms with van der Waals surface area (Å²) in [6.45, 7) is 1.59. The lowest BCUT2D eigenvalue weighted by molar-refractivity contribution is 0.0953. The lowest BCUT2D eigenvalue weighted by Crippen LogP contribution is -2.31. The first-order valence-corrected chi connectivity index (χ1v) is 5.94. The molecule has 1 heterocycles. The van der Waals surface area contributed by atoms with E-state index in [1.165, 1.54) is 6.07 Å². The van der Waals surface area contributed by atoms with Gasteiger partial charge in [0.2, 0.25) is 0 Å². The Bertz CT molecular complexity index is 819. The third-order valence-electron chi connectivity index (χ3n) is 2.68. The molecule has 21 heavy (non-hydrogen) atoms. The molecular formula is C13H12N4O4. The molecule has 8 nitrogen and oxygen atoms in total. The van der Waals surface area contributed by atoms with E-state index in [0.717, 1.165) is 6.20 Å². The quantitative estimate of drug-likeness (QED) is 0.465. The van der Waals surface area contributed by atoms with E-state index in [2.05, 4.69) is 15.5 Å². The molecule has 0 saturated heterocycles. The zero-order valence-electron chi connectivity index (χ0n) is 11.0. The second-order valence-corrected chi connectivity index (χ2v) is 4.14. The normalized spacial score (nSPS) is 11.2. The molecule has 0 atom stereocenters. The highest BCUT2D eigenvalue weighted by Crippen LogP contribution is 2.16. The van der Waals surface area contributed by atoms with Gasteiger partial charge in [0.1, 0.15) is 11.3 Å². The van der Waals surface area contributed by atoms with Crippen LogP contribution in [0.1, 0.15) is 22.8 Å². The highest BCUT2D eigenvalue weighted by atomic mass is 16.3. The molecule has 0 radical (unpaired) electrons. The highest BCUT2D eigenvalue weighted by molar-refractivity contribution is 6.02. The van der Waals surface area contributed by atoms with Crippen molar-refractivity contribution in [2.75, 3.05) is 0 Å². The number of nitrogens with one attached hydrogen (secondary N) is 3. The molecule has 0 spiro atoms. The molecule has 2 rings (SSSR count). The fourth-order valence-corrected chi connectivity index (χ4v) is 1.61. The predicted molar refractivity (Wildman–Crippen MR) is 75.5 cm³/mol. The van der Waals surface area contributed by atoms with Crippen molar-refractivity contribution in [2.24, 2.45) is 5.10 Å². The molecule has 0 bridgehead atoms. The second-order valence-electron chi connectivity index (χ2n) is 4.14. The van der Waals surface area contributed by atoms with Crippen LogP contribution in [0.2, 0.25) is 0 Å². The molecule has 0 unspecified atom stereocenters. The van der Waals surface area contributed by atoms with Crippen LogP contribution in [0.15, 0.2) is 45.2 Å². The molecular weight excluding hydrogens is 276 g/mol. The molecule has 108 valence electrons. The Morgan fingerprint density at radius 1 is 1.24 bits per heavy atom. The van der Waals surface area contributed by atoms with Gasteiger partial charge in [0.05, 0.1) is 5.71 Å². The summed E-state index contributed by atoms with van der Waals surface area (Å²) in [6.07, 6.45) is 1.00. The lowest BCUT2D eigenvalue weighted by Gasteiger charge is -2.04. The number of hydrogen-bond donors (Lipinski definition) is 4. The number of aromatic amines is 2.